The maximum absolute atomic E-state index is 12.6. The number of anilines is 1. The number of likely N-dealkylation sites (tertiary alicyclic amines) is 1. The summed E-state index contributed by atoms with van der Waals surface area (Å²) in [6.45, 7) is 12.3. The smallest absolute Gasteiger partial charge is 0.302 e. The van der Waals surface area contributed by atoms with Crippen LogP contribution in [-0.4, -0.2) is 47.0 Å². The number of hydrogen-bond acceptors (Lipinski definition) is 5. The Kier molecular flexibility index (Phi) is 7.84. The number of carbonyl (C=O) groups is 2. The van der Waals surface area contributed by atoms with E-state index in [2.05, 4.69) is 35.8 Å². The molecule has 2 aliphatic rings. The predicted molar refractivity (Wildman–Crippen MR) is 111 cm³/mol. The maximum Gasteiger partial charge on any atom is 0.302 e. The van der Waals surface area contributed by atoms with E-state index >= 15 is 0 Å². The van der Waals surface area contributed by atoms with Crippen molar-refractivity contribution >= 4 is 17.7 Å². The van der Waals surface area contributed by atoms with Gasteiger partial charge in [0, 0.05) is 31.7 Å². The predicted octanol–water partition coefficient (Wildman–Crippen LogP) is 4.05. The SMILES string of the molecule is CCCOC(C)=O.C[C@H]1CCN(C(=O)c2cnc3c(c2)CCCC(C)(C)N3)C1. The summed E-state index contributed by atoms with van der Waals surface area (Å²) in [5.41, 5.74) is 2.00. The molecule has 1 fully saturated rings. The van der Waals surface area contributed by atoms with E-state index in [1.807, 2.05) is 17.9 Å². The molecule has 1 amide bonds. The molecule has 1 aromatic rings. The Hall–Kier alpha value is -2.11. The molecule has 3 rings (SSSR count). The number of hydrogen-bond donors (Lipinski definition) is 1. The van der Waals surface area contributed by atoms with Crippen LogP contribution in [0.2, 0.25) is 0 Å². The lowest BCUT2D eigenvalue weighted by Gasteiger charge is -2.25. The molecule has 0 spiro atoms. The third-order valence-electron chi connectivity index (χ3n) is 5.14. The zero-order valence-electron chi connectivity index (χ0n) is 18.0. The molecule has 1 N–H and O–H groups in total. The van der Waals surface area contributed by atoms with Crippen LogP contribution in [0.3, 0.4) is 0 Å². The van der Waals surface area contributed by atoms with Crippen LogP contribution in [0.15, 0.2) is 12.3 Å². The highest BCUT2D eigenvalue weighted by molar-refractivity contribution is 5.94. The summed E-state index contributed by atoms with van der Waals surface area (Å²) in [5, 5.41) is 3.51. The van der Waals surface area contributed by atoms with E-state index in [0.717, 1.165) is 56.6 Å². The summed E-state index contributed by atoms with van der Waals surface area (Å²) >= 11 is 0. The molecule has 156 valence electrons. The van der Waals surface area contributed by atoms with E-state index in [1.54, 1.807) is 6.20 Å². The first kappa shape index (κ1) is 22.2. The number of ether oxygens (including phenoxy) is 1. The second kappa shape index (κ2) is 9.89. The molecule has 0 aliphatic carbocycles. The van der Waals surface area contributed by atoms with E-state index in [4.69, 9.17) is 0 Å². The van der Waals surface area contributed by atoms with Crippen molar-refractivity contribution in [2.45, 2.75) is 72.3 Å². The minimum Gasteiger partial charge on any atom is -0.466 e. The molecule has 2 aliphatic heterocycles. The molecular weight excluding hydrogens is 354 g/mol. The third kappa shape index (κ3) is 6.50. The topological polar surface area (TPSA) is 71.5 Å². The van der Waals surface area contributed by atoms with Crippen LogP contribution in [-0.2, 0) is 16.0 Å². The number of nitrogens with zero attached hydrogens (tertiary/aromatic N) is 2. The highest BCUT2D eigenvalue weighted by atomic mass is 16.5. The fourth-order valence-electron chi connectivity index (χ4n) is 3.58. The van der Waals surface area contributed by atoms with E-state index in [9.17, 15) is 9.59 Å². The van der Waals surface area contributed by atoms with Crippen molar-refractivity contribution < 1.29 is 14.3 Å². The number of esters is 1. The molecule has 1 atom stereocenters. The Bertz CT molecular complexity index is 688. The highest BCUT2D eigenvalue weighted by Crippen LogP contribution is 2.28. The molecule has 6 nitrogen and oxygen atoms in total. The van der Waals surface area contributed by atoms with Crippen LogP contribution < -0.4 is 5.32 Å². The Labute approximate surface area is 169 Å². The summed E-state index contributed by atoms with van der Waals surface area (Å²) < 4.78 is 4.55. The lowest BCUT2D eigenvalue weighted by Crippen LogP contribution is -2.30. The Morgan fingerprint density at radius 2 is 2.14 bits per heavy atom. The number of nitrogens with one attached hydrogen (secondary N) is 1. The van der Waals surface area contributed by atoms with Gasteiger partial charge in [0.15, 0.2) is 0 Å². The fourth-order valence-corrected chi connectivity index (χ4v) is 3.58. The van der Waals surface area contributed by atoms with Gasteiger partial charge in [0.2, 0.25) is 0 Å². The minimum absolute atomic E-state index is 0.0775. The van der Waals surface area contributed by atoms with Gasteiger partial charge in [0.05, 0.1) is 12.2 Å². The van der Waals surface area contributed by atoms with Crippen molar-refractivity contribution in [3.8, 4) is 0 Å². The van der Waals surface area contributed by atoms with Crippen LogP contribution in [0.4, 0.5) is 5.82 Å². The van der Waals surface area contributed by atoms with Crippen LogP contribution >= 0.6 is 0 Å². The minimum atomic E-state index is -0.193. The second-order valence-corrected chi connectivity index (χ2v) is 8.58. The number of aromatic nitrogens is 1. The summed E-state index contributed by atoms with van der Waals surface area (Å²) in [6.07, 6.45) is 7.00. The number of fused-ring (bicyclic) bond motifs is 1. The Balaban J connectivity index is 0.000000345. The molecule has 1 aromatic heterocycles. The summed E-state index contributed by atoms with van der Waals surface area (Å²) in [7, 11) is 0. The molecule has 1 saturated heterocycles. The number of pyridine rings is 1. The second-order valence-electron chi connectivity index (χ2n) is 8.58. The van der Waals surface area contributed by atoms with Crippen LogP contribution in [0.25, 0.3) is 0 Å². The number of aryl methyl sites for hydroxylation is 1. The van der Waals surface area contributed by atoms with Gasteiger partial charge in [0.1, 0.15) is 5.82 Å². The number of rotatable bonds is 3. The van der Waals surface area contributed by atoms with Crippen molar-refractivity contribution in [1.29, 1.82) is 0 Å². The average Bonchev–Trinajstić information content (AvgIpc) is 3.00. The van der Waals surface area contributed by atoms with E-state index in [0.29, 0.717) is 12.5 Å². The molecule has 6 heteroatoms. The Morgan fingerprint density at radius 3 is 2.71 bits per heavy atom. The molecule has 28 heavy (non-hydrogen) atoms. The van der Waals surface area contributed by atoms with Crippen molar-refractivity contribution in [2.75, 3.05) is 25.0 Å². The van der Waals surface area contributed by atoms with E-state index in [-0.39, 0.29) is 17.4 Å². The molecule has 0 bridgehead atoms. The summed E-state index contributed by atoms with van der Waals surface area (Å²) in [5.74, 6) is 1.51. The standard InChI is InChI=1S/C17H25N3O.C5H10O2/c1-12-6-8-20(11-12)16(21)14-9-13-5-4-7-17(2,3)19-15(13)18-10-14;1-3-4-7-5(2)6/h9-10,12H,4-8,11H2,1-3H3,(H,18,19);3-4H2,1-2H3/t12-;/m0./s1. The zero-order chi connectivity index (χ0) is 20.7. The zero-order valence-corrected chi connectivity index (χ0v) is 18.0. The lowest BCUT2D eigenvalue weighted by molar-refractivity contribution is -0.140. The van der Waals surface area contributed by atoms with Gasteiger partial charge >= 0.3 is 5.97 Å². The van der Waals surface area contributed by atoms with E-state index in [1.165, 1.54) is 12.5 Å². The molecule has 0 unspecified atom stereocenters. The highest BCUT2D eigenvalue weighted by Gasteiger charge is 2.27. The van der Waals surface area contributed by atoms with Crippen molar-refractivity contribution in [3.05, 3.63) is 23.4 Å². The normalized spacial score (nSPS) is 20.2. The third-order valence-corrected chi connectivity index (χ3v) is 5.14. The van der Waals surface area contributed by atoms with Crippen molar-refractivity contribution in [1.82, 2.24) is 9.88 Å². The first-order valence-electron chi connectivity index (χ1n) is 10.4. The van der Waals surface area contributed by atoms with Crippen LogP contribution in [0.5, 0.6) is 0 Å². The first-order valence-corrected chi connectivity index (χ1v) is 10.4. The van der Waals surface area contributed by atoms with Crippen LogP contribution in [0, 0.1) is 5.92 Å². The van der Waals surface area contributed by atoms with E-state index < -0.39 is 0 Å². The monoisotopic (exact) mass is 389 g/mol. The van der Waals surface area contributed by atoms with Gasteiger partial charge in [0.25, 0.3) is 5.91 Å². The molecule has 0 aromatic carbocycles. The molecule has 0 saturated carbocycles. The quantitative estimate of drug-likeness (QED) is 0.790. The van der Waals surface area contributed by atoms with Crippen molar-refractivity contribution in [3.63, 3.8) is 0 Å². The molecular formula is C22H35N3O3. The lowest BCUT2D eigenvalue weighted by atomic mass is 9.98. The largest absolute Gasteiger partial charge is 0.466 e. The van der Waals surface area contributed by atoms with Gasteiger partial charge in [-0.3, -0.25) is 9.59 Å². The number of amides is 1. The van der Waals surface area contributed by atoms with Gasteiger partial charge in [-0.1, -0.05) is 13.8 Å². The average molecular weight is 390 g/mol. The Morgan fingerprint density at radius 1 is 1.39 bits per heavy atom. The van der Waals surface area contributed by atoms with Gasteiger partial charge in [-0.15, -0.1) is 0 Å². The van der Waals surface area contributed by atoms with Crippen LogP contribution in [0.1, 0.15) is 76.2 Å². The van der Waals surface area contributed by atoms with Crippen molar-refractivity contribution in [2.24, 2.45) is 5.92 Å². The summed E-state index contributed by atoms with van der Waals surface area (Å²) in [6, 6.07) is 2.04. The number of carbonyl (C=O) groups excluding carboxylic acids is 2. The summed E-state index contributed by atoms with van der Waals surface area (Å²) in [4.78, 5) is 29.0. The maximum atomic E-state index is 12.6. The van der Waals surface area contributed by atoms with Gasteiger partial charge in [-0.05, 0) is 63.5 Å². The van der Waals surface area contributed by atoms with Gasteiger partial charge in [-0.2, -0.15) is 0 Å². The van der Waals surface area contributed by atoms with Gasteiger partial charge in [-0.25, -0.2) is 4.98 Å². The first-order chi connectivity index (χ1) is 13.2. The fraction of sp³-hybridized carbons (Fsp3) is 0.682. The molecule has 0 radical (unpaired) electrons. The van der Waals surface area contributed by atoms with Gasteiger partial charge < -0.3 is 15.0 Å². The molecule has 3 heterocycles.